The summed E-state index contributed by atoms with van der Waals surface area (Å²) in [5.41, 5.74) is 8.90. The molecule has 2 aromatic rings. The molecule has 0 fully saturated rings. The van der Waals surface area contributed by atoms with Crippen LogP contribution >= 0.6 is 11.6 Å². The average Bonchev–Trinajstić information content (AvgIpc) is 2.56. The highest BCUT2D eigenvalue weighted by atomic mass is 35.5. The van der Waals surface area contributed by atoms with Gasteiger partial charge in [0.15, 0.2) is 6.21 Å². The van der Waals surface area contributed by atoms with E-state index in [0.29, 0.717) is 17.9 Å². The van der Waals surface area contributed by atoms with Gasteiger partial charge < -0.3 is 11.1 Å². The van der Waals surface area contributed by atoms with E-state index in [2.05, 4.69) is 5.32 Å². The van der Waals surface area contributed by atoms with E-state index in [1.165, 1.54) is 12.4 Å². The summed E-state index contributed by atoms with van der Waals surface area (Å²) < 4.78 is 0. The fourth-order valence-electron chi connectivity index (χ4n) is 2.17. The Labute approximate surface area is 140 Å². The minimum Gasteiger partial charge on any atom is -0.404 e. The van der Waals surface area contributed by atoms with Crippen LogP contribution in [0.5, 0.6) is 0 Å². The van der Waals surface area contributed by atoms with E-state index in [9.17, 15) is 4.79 Å². The third-order valence-corrected chi connectivity index (χ3v) is 3.63. The predicted octanol–water partition coefficient (Wildman–Crippen LogP) is 2.04. The normalized spacial score (nSPS) is 11.1. The Hall–Kier alpha value is -2.59. The summed E-state index contributed by atoms with van der Waals surface area (Å²) in [7, 11) is 0. The van der Waals surface area contributed by atoms with Crippen molar-refractivity contribution in [3.05, 3.63) is 70.9 Å². The van der Waals surface area contributed by atoms with Crippen molar-refractivity contribution in [2.45, 2.75) is 12.8 Å². The maximum absolute atomic E-state index is 12.0. The van der Waals surface area contributed by atoms with Crippen LogP contribution in [0, 0.1) is 0 Å². The lowest BCUT2D eigenvalue weighted by Crippen LogP contribution is -2.30. The Balaban J connectivity index is 1.91. The third-order valence-electron chi connectivity index (χ3n) is 3.39. The number of benzene rings is 2. The maximum atomic E-state index is 12.0. The lowest BCUT2D eigenvalue weighted by Gasteiger charge is -2.07. The summed E-state index contributed by atoms with van der Waals surface area (Å²) in [4.78, 5) is 12.0. The molecule has 2 rings (SSSR count). The van der Waals surface area contributed by atoms with Crippen molar-refractivity contribution in [1.29, 1.82) is 0 Å². The summed E-state index contributed by atoms with van der Waals surface area (Å²) in [6.07, 6.45) is 3.93. The molecule has 2 aromatic carbocycles. The highest BCUT2D eigenvalue weighted by Crippen LogP contribution is 2.16. The molecular weight excluding hydrogens is 310 g/mol. The molecule has 0 bridgehead atoms. The number of anilines is 1. The van der Waals surface area contributed by atoms with Crippen molar-refractivity contribution >= 4 is 35.0 Å². The quantitative estimate of drug-likeness (QED) is 0.709. The highest BCUT2D eigenvalue weighted by Gasteiger charge is 2.05. The standard InChI is InChI=1S/C18H18ClN3O/c19-16-3-1-2-13(10-16)4-9-18(23)22-17-7-5-14(6-8-17)15(11-20)12-21/h1-3,5-8,10-12,20H,4,9,21H2,(H,22,23)/p+1/b15-12+,20-11?. The molecule has 0 saturated heterocycles. The second kappa shape index (κ2) is 8.15. The van der Waals surface area contributed by atoms with Crippen LogP contribution in [-0.4, -0.2) is 12.1 Å². The maximum Gasteiger partial charge on any atom is 0.224 e. The number of carbonyl (C=O) groups excluding carboxylic acids is 1. The first-order chi connectivity index (χ1) is 11.1. The summed E-state index contributed by atoms with van der Waals surface area (Å²) in [5.74, 6) is -0.0438. The van der Waals surface area contributed by atoms with E-state index in [4.69, 9.17) is 22.7 Å². The predicted molar refractivity (Wildman–Crippen MR) is 95.0 cm³/mol. The number of halogens is 1. The number of hydrogen-bond donors (Lipinski definition) is 3. The monoisotopic (exact) mass is 328 g/mol. The van der Waals surface area contributed by atoms with Crippen molar-refractivity contribution in [1.82, 2.24) is 0 Å². The van der Waals surface area contributed by atoms with E-state index >= 15 is 0 Å². The molecule has 0 saturated carbocycles. The van der Waals surface area contributed by atoms with Crippen molar-refractivity contribution in [2.24, 2.45) is 5.73 Å². The summed E-state index contributed by atoms with van der Waals surface area (Å²) >= 11 is 5.93. The highest BCUT2D eigenvalue weighted by molar-refractivity contribution is 6.30. The van der Waals surface area contributed by atoms with Gasteiger partial charge in [0, 0.05) is 23.3 Å². The SMILES string of the molecule is N/C=C(\C=[NH2+])c1ccc(NC(=O)CCc2cccc(Cl)c2)cc1. The Morgan fingerprint density at radius 2 is 1.96 bits per heavy atom. The fraction of sp³-hybridized carbons (Fsp3) is 0.111. The Morgan fingerprint density at radius 3 is 2.57 bits per heavy atom. The molecule has 5 heteroatoms. The van der Waals surface area contributed by atoms with Crippen molar-refractivity contribution < 1.29 is 10.2 Å². The molecule has 4 nitrogen and oxygen atoms in total. The second-order valence-electron chi connectivity index (χ2n) is 5.04. The Morgan fingerprint density at radius 1 is 1.22 bits per heavy atom. The van der Waals surface area contributed by atoms with Gasteiger partial charge in [-0.3, -0.25) is 10.2 Å². The molecular formula is C18H19ClN3O+. The first-order valence-electron chi connectivity index (χ1n) is 7.24. The van der Waals surface area contributed by atoms with E-state index in [1.54, 1.807) is 0 Å². The molecule has 23 heavy (non-hydrogen) atoms. The van der Waals surface area contributed by atoms with E-state index < -0.39 is 0 Å². The molecule has 0 spiro atoms. The van der Waals surface area contributed by atoms with Gasteiger partial charge in [-0.15, -0.1) is 0 Å². The van der Waals surface area contributed by atoms with Gasteiger partial charge in [0.1, 0.15) is 0 Å². The Kier molecular flexibility index (Phi) is 5.94. The van der Waals surface area contributed by atoms with Gasteiger partial charge in [0.25, 0.3) is 0 Å². The van der Waals surface area contributed by atoms with Crippen LogP contribution in [0.15, 0.2) is 54.7 Å². The van der Waals surface area contributed by atoms with Crippen molar-refractivity contribution in [3.8, 4) is 0 Å². The molecule has 0 aliphatic carbocycles. The number of amides is 1. The molecule has 0 radical (unpaired) electrons. The Bertz CT molecular complexity index is 723. The molecule has 0 unspecified atom stereocenters. The van der Waals surface area contributed by atoms with Gasteiger partial charge in [-0.2, -0.15) is 0 Å². The topological polar surface area (TPSA) is 80.7 Å². The minimum absolute atomic E-state index is 0.0438. The lowest BCUT2D eigenvalue weighted by molar-refractivity contribution is -0.116. The molecule has 1 amide bonds. The summed E-state index contributed by atoms with van der Waals surface area (Å²) in [6, 6.07) is 14.9. The van der Waals surface area contributed by atoms with Crippen LogP contribution < -0.4 is 16.5 Å². The fourth-order valence-corrected chi connectivity index (χ4v) is 2.38. The van der Waals surface area contributed by atoms with Crippen molar-refractivity contribution in [3.63, 3.8) is 0 Å². The van der Waals surface area contributed by atoms with Crippen LogP contribution in [-0.2, 0) is 11.2 Å². The van der Waals surface area contributed by atoms with Gasteiger partial charge in [0.2, 0.25) is 5.91 Å². The van der Waals surface area contributed by atoms with E-state index in [1.807, 2.05) is 48.5 Å². The summed E-state index contributed by atoms with van der Waals surface area (Å²) in [5, 5.41) is 9.03. The van der Waals surface area contributed by atoms with Crippen molar-refractivity contribution in [2.75, 3.05) is 5.32 Å². The third kappa shape index (κ3) is 4.97. The molecule has 0 aromatic heterocycles. The van der Waals surface area contributed by atoms with E-state index in [-0.39, 0.29) is 5.91 Å². The molecule has 0 aliphatic rings. The smallest absolute Gasteiger partial charge is 0.224 e. The first kappa shape index (κ1) is 16.8. The minimum atomic E-state index is -0.0438. The largest absolute Gasteiger partial charge is 0.404 e. The zero-order valence-corrected chi connectivity index (χ0v) is 13.4. The van der Waals surface area contributed by atoms with E-state index in [0.717, 1.165) is 22.4 Å². The average molecular weight is 329 g/mol. The zero-order chi connectivity index (χ0) is 16.7. The van der Waals surface area contributed by atoms with Crippen LogP contribution in [0.1, 0.15) is 17.5 Å². The number of allylic oxidation sites excluding steroid dienone is 1. The van der Waals surface area contributed by atoms with Gasteiger partial charge in [-0.1, -0.05) is 35.9 Å². The number of carbonyl (C=O) groups is 1. The second-order valence-corrected chi connectivity index (χ2v) is 5.48. The van der Waals surface area contributed by atoms with Gasteiger partial charge in [0.05, 0.1) is 5.57 Å². The first-order valence-corrected chi connectivity index (χ1v) is 7.61. The number of nitrogens with two attached hydrogens (primary N) is 2. The number of nitrogens with one attached hydrogen (secondary N) is 1. The molecule has 0 heterocycles. The van der Waals surface area contributed by atoms with Crippen LogP contribution in [0.2, 0.25) is 5.02 Å². The van der Waals surface area contributed by atoms with Gasteiger partial charge in [-0.05, 0) is 41.8 Å². The summed E-state index contributed by atoms with van der Waals surface area (Å²) in [6.45, 7) is 0. The lowest BCUT2D eigenvalue weighted by atomic mass is 10.1. The van der Waals surface area contributed by atoms with Crippen LogP contribution in [0.25, 0.3) is 5.57 Å². The number of rotatable bonds is 6. The molecule has 118 valence electrons. The molecule has 0 atom stereocenters. The molecule has 5 N–H and O–H groups in total. The number of aryl methyl sites for hydroxylation is 1. The van der Waals surface area contributed by atoms with Gasteiger partial charge in [-0.25, -0.2) is 0 Å². The molecule has 0 aliphatic heterocycles. The van der Waals surface area contributed by atoms with Gasteiger partial charge >= 0.3 is 0 Å². The number of hydrogen-bond acceptors (Lipinski definition) is 2. The van der Waals surface area contributed by atoms with Crippen LogP contribution in [0.4, 0.5) is 5.69 Å². The zero-order valence-electron chi connectivity index (χ0n) is 12.6. The van der Waals surface area contributed by atoms with Crippen LogP contribution in [0.3, 0.4) is 0 Å².